The smallest absolute Gasteiger partial charge is 0.241 e. The van der Waals surface area contributed by atoms with E-state index in [4.69, 9.17) is 5.14 Å². The van der Waals surface area contributed by atoms with Crippen LogP contribution in [-0.2, 0) is 14.8 Å². The summed E-state index contributed by atoms with van der Waals surface area (Å²) >= 11 is 0. The first-order valence-electron chi connectivity index (χ1n) is 6.05. The molecule has 6 nitrogen and oxygen atoms in total. The number of benzene rings is 1. The normalized spacial score (nSPS) is 19.4. The number of hydrogen-bond donors (Lipinski definition) is 3. The van der Waals surface area contributed by atoms with E-state index in [0.29, 0.717) is 5.69 Å². The maximum absolute atomic E-state index is 12.0. The molecule has 0 aromatic heterocycles. The molecule has 1 aromatic rings. The molecule has 2 rings (SSSR count). The summed E-state index contributed by atoms with van der Waals surface area (Å²) in [5.41, 5.74) is 1.27. The van der Waals surface area contributed by atoms with Gasteiger partial charge in [0.15, 0.2) is 0 Å². The van der Waals surface area contributed by atoms with Crippen molar-refractivity contribution >= 4 is 21.6 Å². The molecular weight excluding hydrogens is 266 g/mol. The SMILES string of the molecule is Cc1ccc(S(N)(=O)=O)cc1NC(=O)[C@H]1CCCN1. The number of carbonyl (C=O) groups is 1. The monoisotopic (exact) mass is 283 g/mol. The second-order valence-corrected chi connectivity index (χ2v) is 6.22. The molecule has 1 amide bonds. The Labute approximate surface area is 112 Å². The van der Waals surface area contributed by atoms with Crippen LogP contribution in [0.3, 0.4) is 0 Å². The second-order valence-electron chi connectivity index (χ2n) is 4.66. The number of nitrogens with two attached hydrogens (primary N) is 1. The average molecular weight is 283 g/mol. The molecule has 1 heterocycles. The standard InChI is InChI=1S/C12H17N3O3S/c1-8-4-5-9(19(13,17)18)7-11(8)15-12(16)10-3-2-6-14-10/h4-5,7,10,14H,2-3,6H2,1H3,(H,15,16)(H2,13,17,18)/t10-/m1/s1. The zero-order chi connectivity index (χ0) is 14.0. The topological polar surface area (TPSA) is 101 Å². The summed E-state index contributed by atoms with van der Waals surface area (Å²) in [6, 6.07) is 4.22. The van der Waals surface area contributed by atoms with E-state index in [1.807, 2.05) is 0 Å². The number of nitrogens with one attached hydrogen (secondary N) is 2. The number of primary sulfonamides is 1. The fraction of sp³-hybridized carbons (Fsp3) is 0.417. The van der Waals surface area contributed by atoms with Crippen molar-refractivity contribution in [3.8, 4) is 0 Å². The van der Waals surface area contributed by atoms with Crippen molar-refractivity contribution < 1.29 is 13.2 Å². The minimum atomic E-state index is -3.76. The highest BCUT2D eigenvalue weighted by atomic mass is 32.2. The number of carbonyl (C=O) groups excluding carboxylic acids is 1. The quantitative estimate of drug-likeness (QED) is 0.744. The van der Waals surface area contributed by atoms with Crippen LogP contribution in [0.1, 0.15) is 18.4 Å². The Bertz CT molecular complexity index is 592. The van der Waals surface area contributed by atoms with E-state index in [9.17, 15) is 13.2 Å². The third-order valence-corrected chi connectivity index (χ3v) is 4.08. The molecule has 7 heteroatoms. The Morgan fingerprint density at radius 3 is 2.79 bits per heavy atom. The molecule has 19 heavy (non-hydrogen) atoms. The highest BCUT2D eigenvalue weighted by Gasteiger charge is 2.22. The highest BCUT2D eigenvalue weighted by Crippen LogP contribution is 2.20. The van der Waals surface area contributed by atoms with E-state index >= 15 is 0 Å². The number of hydrogen-bond acceptors (Lipinski definition) is 4. The van der Waals surface area contributed by atoms with Gasteiger partial charge >= 0.3 is 0 Å². The van der Waals surface area contributed by atoms with Crippen LogP contribution in [0.15, 0.2) is 23.1 Å². The van der Waals surface area contributed by atoms with Gasteiger partial charge in [0, 0.05) is 5.69 Å². The van der Waals surface area contributed by atoms with Gasteiger partial charge in [-0.15, -0.1) is 0 Å². The van der Waals surface area contributed by atoms with Gasteiger partial charge in [0.2, 0.25) is 15.9 Å². The van der Waals surface area contributed by atoms with Crippen LogP contribution in [0.2, 0.25) is 0 Å². The molecular formula is C12H17N3O3S. The molecule has 0 bridgehead atoms. The van der Waals surface area contributed by atoms with Gasteiger partial charge in [0.05, 0.1) is 10.9 Å². The summed E-state index contributed by atoms with van der Waals surface area (Å²) in [5.74, 6) is -0.146. The van der Waals surface area contributed by atoms with Crippen LogP contribution in [-0.4, -0.2) is 26.9 Å². The predicted molar refractivity (Wildman–Crippen MR) is 72.2 cm³/mol. The molecule has 1 fully saturated rings. The van der Waals surface area contributed by atoms with Crippen LogP contribution in [0.25, 0.3) is 0 Å². The molecule has 1 saturated heterocycles. The fourth-order valence-corrected chi connectivity index (χ4v) is 2.58. The van der Waals surface area contributed by atoms with E-state index < -0.39 is 10.0 Å². The molecule has 0 radical (unpaired) electrons. The van der Waals surface area contributed by atoms with Crippen molar-refractivity contribution in [2.24, 2.45) is 5.14 Å². The first-order valence-corrected chi connectivity index (χ1v) is 7.60. The van der Waals surface area contributed by atoms with Crippen LogP contribution >= 0.6 is 0 Å². The molecule has 1 atom stereocenters. The van der Waals surface area contributed by atoms with Crippen LogP contribution in [0, 0.1) is 6.92 Å². The van der Waals surface area contributed by atoms with Gasteiger partial charge in [-0.1, -0.05) is 6.07 Å². The van der Waals surface area contributed by atoms with Gasteiger partial charge in [-0.05, 0) is 44.0 Å². The molecule has 0 spiro atoms. The summed E-state index contributed by atoms with van der Waals surface area (Å²) in [6.45, 7) is 2.62. The number of amides is 1. The minimum Gasteiger partial charge on any atom is -0.324 e. The summed E-state index contributed by atoms with van der Waals surface area (Å²) in [7, 11) is -3.76. The number of aryl methyl sites for hydroxylation is 1. The lowest BCUT2D eigenvalue weighted by atomic mass is 10.1. The van der Waals surface area contributed by atoms with Crippen molar-refractivity contribution in [1.29, 1.82) is 0 Å². The summed E-state index contributed by atoms with van der Waals surface area (Å²) < 4.78 is 22.6. The lowest BCUT2D eigenvalue weighted by Gasteiger charge is -2.13. The van der Waals surface area contributed by atoms with E-state index in [1.165, 1.54) is 12.1 Å². The van der Waals surface area contributed by atoms with Crippen LogP contribution in [0.4, 0.5) is 5.69 Å². The Morgan fingerprint density at radius 1 is 1.47 bits per heavy atom. The van der Waals surface area contributed by atoms with Crippen molar-refractivity contribution in [1.82, 2.24) is 5.32 Å². The first kappa shape index (κ1) is 14.0. The third-order valence-electron chi connectivity index (χ3n) is 3.17. The third kappa shape index (κ3) is 3.31. The zero-order valence-electron chi connectivity index (χ0n) is 10.6. The van der Waals surface area contributed by atoms with Crippen molar-refractivity contribution in [3.05, 3.63) is 23.8 Å². The molecule has 0 saturated carbocycles. The first-order chi connectivity index (χ1) is 8.88. The molecule has 1 aromatic carbocycles. The fourth-order valence-electron chi connectivity index (χ4n) is 2.04. The van der Waals surface area contributed by atoms with Gasteiger partial charge in [-0.25, -0.2) is 13.6 Å². The number of sulfonamides is 1. The Balaban J connectivity index is 2.22. The van der Waals surface area contributed by atoms with Gasteiger partial charge in [0.1, 0.15) is 0 Å². The second kappa shape index (κ2) is 5.28. The Morgan fingerprint density at radius 2 is 2.21 bits per heavy atom. The highest BCUT2D eigenvalue weighted by molar-refractivity contribution is 7.89. The van der Waals surface area contributed by atoms with Gasteiger partial charge in [-0.2, -0.15) is 0 Å². The molecule has 1 aliphatic heterocycles. The predicted octanol–water partition coefficient (Wildman–Crippen LogP) is 0.333. The van der Waals surface area contributed by atoms with Gasteiger partial charge in [-0.3, -0.25) is 4.79 Å². The maximum Gasteiger partial charge on any atom is 0.241 e. The Hall–Kier alpha value is -1.44. The van der Waals surface area contributed by atoms with Gasteiger partial charge < -0.3 is 10.6 Å². The average Bonchev–Trinajstić information content (AvgIpc) is 2.84. The van der Waals surface area contributed by atoms with Crippen LogP contribution in [0.5, 0.6) is 0 Å². The lowest BCUT2D eigenvalue weighted by molar-refractivity contribution is -0.117. The summed E-state index contributed by atoms with van der Waals surface area (Å²) in [6.07, 6.45) is 1.76. The molecule has 0 aliphatic carbocycles. The summed E-state index contributed by atoms with van der Waals surface area (Å²) in [5, 5.41) is 10.9. The number of anilines is 1. The van der Waals surface area contributed by atoms with Crippen molar-refractivity contribution in [2.75, 3.05) is 11.9 Å². The zero-order valence-corrected chi connectivity index (χ0v) is 11.5. The van der Waals surface area contributed by atoms with E-state index in [-0.39, 0.29) is 16.8 Å². The van der Waals surface area contributed by atoms with E-state index in [1.54, 1.807) is 13.0 Å². The minimum absolute atomic E-state index is 0.00668. The summed E-state index contributed by atoms with van der Waals surface area (Å²) in [4.78, 5) is 12.0. The molecule has 4 N–H and O–H groups in total. The van der Waals surface area contributed by atoms with Crippen molar-refractivity contribution in [3.63, 3.8) is 0 Å². The van der Waals surface area contributed by atoms with Gasteiger partial charge in [0.25, 0.3) is 0 Å². The largest absolute Gasteiger partial charge is 0.324 e. The molecule has 104 valence electrons. The Kier molecular flexibility index (Phi) is 3.88. The van der Waals surface area contributed by atoms with Crippen molar-refractivity contribution in [2.45, 2.75) is 30.7 Å². The lowest BCUT2D eigenvalue weighted by Crippen LogP contribution is -2.35. The number of rotatable bonds is 3. The molecule has 0 unspecified atom stereocenters. The van der Waals surface area contributed by atoms with E-state index in [2.05, 4.69) is 10.6 Å². The van der Waals surface area contributed by atoms with E-state index in [0.717, 1.165) is 24.9 Å². The maximum atomic E-state index is 12.0. The van der Waals surface area contributed by atoms with Crippen LogP contribution < -0.4 is 15.8 Å². The molecule has 1 aliphatic rings.